The number of hydrogen-bond donors (Lipinski definition) is 1. The van der Waals surface area contributed by atoms with Crippen molar-refractivity contribution in [2.24, 2.45) is 11.3 Å². The van der Waals surface area contributed by atoms with Crippen LogP contribution in [0.1, 0.15) is 46.5 Å². The number of fused-ring (bicyclic) bond motifs is 1. The van der Waals surface area contributed by atoms with Crippen LogP contribution in [0.4, 0.5) is 16.3 Å². The number of amides is 2. The summed E-state index contributed by atoms with van der Waals surface area (Å²) in [4.78, 5) is 26.8. The van der Waals surface area contributed by atoms with Crippen molar-refractivity contribution in [1.82, 2.24) is 9.78 Å². The topological polar surface area (TPSA) is 76.5 Å². The minimum atomic E-state index is -0.570. The van der Waals surface area contributed by atoms with E-state index in [-0.39, 0.29) is 11.8 Å². The third-order valence-electron chi connectivity index (χ3n) is 5.10. The van der Waals surface area contributed by atoms with Gasteiger partial charge in [0.05, 0.1) is 6.20 Å². The highest BCUT2D eigenvalue weighted by Gasteiger charge is 2.66. The van der Waals surface area contributed by atoms with Crippen molar-refractivity contribution in [2.75, 3.05) is 16.8 Å². The van der Waals surface area contributed by atoms with E-state index in [1.165, 1.54) is 12.8 Å². The first-order chi connectivity index (χ1) is 11.3. The predicted octanol–water partition coefficient (Wildman–Crippen LogP) is 2.77. The fraction of sp³-hybridized carbons (Fsp3) is 0.706. The molecule has 0 unspecified atom stereocenters. The third kappa shape index (κ3) is 2.65. The molecule has 7 nitrogen and oxygen atoms in total. The van der Waals surface area contributed by atoms with Gasteiger partial charge < -0.3 is 4.74 Å². The van der Waals surface area contributed by atoms with Gasteiger partial charge in [-0.05, 0) is 51.9 Å². The van der Waals surface area contributed by atoms with Crippen LogP contribution in [0.2, 0.25) is 0 Å². The number of carbonyl (C=O) groups is 2. The first-order valence-electron chi connectivity index (χ1n) is 8.66. The van der Waals surface area contributed by atoms with E-state index < -0.39 is 11.7 Å². The molecular weight excluding hydrogens is 308 g/mol. The van der Waals surface area contributed by atoms with E-state index in [9.17, 15) is 9.59 Å². The summed E-state index contributed by atoms with van der Waals surface area (Å²) in [5.41, 5.74) is 0.292. The molecule has 3 aliphatic rings. The largest absolute Gasteiger partial charge is 0.444 e. The Kier molecular flexibility index (Phi) is 3.21. The number of aromatic nitrogens is 2. The minimum absolute atomic E-state index is 0.160. The highest BCUT2D eigenvalue weighted by molar-refractivity contribution is 6.01. The standard InChI is InChI=1S/C17H24N4O3/c1-16(2,3)24-15(23)19-12-10-18-21-8-4-7-20(13(12)21)14(22)11-9-17(11)5-6-17/h10-11H,4-9H2,1-3H3,(H,19,23)/t11-/m1/s1. The number of ether oxygens (including phenoxy) is 1. The second-order valence-electron chi connectivity index (χ2n) is 8.19. The van der Waals surface area contributed by atoms with Crippen LogP contribution in [-0.4, -0.2) is 33.9 Å². The number of rotatable bonds is 2. The SMILES string of the molecule is CC(C)(C)OC(=O)Nc1cnn2c1N(C(=O)[C@H]1CC13CC3)CCC2. The Morgan fingerprint density at radius 3 is 2.71 bits per heavy atom. The number of hydrogen-bond acceptors (Lipinski definition) is 4. The summed E-state index contributed by atoms with van der Waals surface area (Å²) in [7, 11) is 0. The number of nitrogens with one attached hydrogen (secondary N) is 1. The summed E-state index contributed by atoms with van der Waals surface area (Å²) in [6, 6.07) is 0. The van der Waals surface area contributed by atoms with Gasteiger partial charge in [0.1, 0.15) is 11.3 Å². The van der Waals surface area contributed by atoms with Crippen LogP contribution < -0.4 is 10.2 Å². The van der Waals surface area contributed by atoms with Crippen LogP contribution in [-0.2, 0) is 16.1 Å². The fourth-order valence-electron chi connectivity index (χ4n) is 3.63. The predicted molar refractivity (Wildman–Crippen MR) is 88.8 cm³/mol. The highest BCUT2D eigenvalue weighted by atomic mass is 16.6. The van der Waals surface area contributed by atoms with Gasteiger partial charge in [0.15, 0.2) is 5.82 Å². The zero-order chi connectivity index (χ0) is 17.1. The Bertz CT molecular complexity index is 699. The van der Waals surface area contributed by atoms with Gasteiger partial charge in [0.25, 0.3) is 0 Å². The van der Waals surface area contributed by atoms with Crippen LogP contribution in [0.3, 0.4) is 0 Å². The minimum Gasteiger partial charge on any atom is -0.444 e. The molecule has 1 spiro atoms. The summed E-state index contributed by atoms with van der Waals surface area (Å²) in [6.07, 6.45) is 5.34. The molecule has 1 aliphatic heterocycles. The van der Waals surface area contributed by atoms with Gasteiger partial charge in [-0.3, -0.25) is 15.0 Å². The summed E-state index contributed by atoms with van der Waals surface area (Å²) in [6.45, 7) is 6.89. The van der Waals surface area contributed by atoms with Crippen LogP contribution in [0.15, 0.2) is 6.20 Å². The van der Waals surface area contributed by atoms with Crippen LogP contribution in [0, 0.1) is 11.3 Å². The van der Waals surface area contributed by atoms with E-state index in [1.807, 2.05) is 20.8 Å². The molecule has 4 rings (SSSR count). The van der Waals surface area contributed by atoms with Gasteiger partial charge in [-0.1, -0.05) is 0 Å². The average Bonchev–Trinajstić information content (AvgIpc) is 3.39. The molecule has 1 N–H and O–H groups in total. The lowest BCUT2D eigenvalue weighted by molar-refractivity contribution is -0.120. The number of nitrogens with zero attached hydrogens (tertiary/aromatic N) is 3. The summed E-state index contributed by atoms with van der Waals surface area (Å²) in [5.74, 6) is 1.04. The van der Waals surface area contributed by atoms with Gasteiger partial charge in [-0.15, -0.1) is 0 Å². The fourth-order valence-corrected chi connectivity index (χ4v) is 3.63. The molecule has 7 heteroatoms. The van der Waals surface area contributed by atoms with Gasteiger partial charge in [-0.25, -0.2) is 9.48 Å². The smallest absolute Gasteiger partial charge is 0.412 e. The molecule has 2 saturated carbocycles. The number of anilines is 2. The Balaban J connectivity index is 1.54. The molecule has 24 heavy (non-hydrogen) atoms. The second-order valence-corrected chi connectivity index (χ2v) is 8.19. The lowest BCUT2D eigenvalue weighted by Gasteiger charge is -2.29. The summed E-state index contributed by atoms with van der Waals surface area (Å²) < 4.78 is 7.11. The summed E-state index contributed by atoms with van der Waals surface area (Å²) >= 11 is 0. The monoisotopic (exact) mass is 332 g/mol. The molecule has 1 atom stereocenters. The van der Waals surface area contributed by atoms with Gasteiger partial charge >= 0.3 is 6.09 Å². The van der Waals surface area contributed by atoms with E-state index in [4.69, 9.17) is 4.74 Å². The van der Waals surface area contributed by atoms with Crippen molar-refractivity contribution < 1.29 is 14.3 Å². The molecule has 0 bridgehead atoms. The second kappa shape index (κ2) is 4.97. The van der Waals surface area contributed by atoms with Crippen molar-refractivity contribution in [3.8, 4) is 0 Å². The highest BCUT2D eigenvalue weighted by Crippen LogP contribution is 2.71. The van der Waals surface area contributed by atoms with Crippen molar-refractivity contribution >= 4 is 23.5 Å². The zero-order valence-electron chi connectivity index (χ0n) is 14.5. The molecule has 0 saturated heterocycles. The average molecular weight is 332 g/mol. The van der Waals surface area contributed by atoms with Crippen LogP contribution >= 0.6 is 0 Å². The third-order valence-corrected chi connectivity index (χ3v) is 5.10. The zero-order valence-corrected chi connectivity index (χ0v) is 14.5. The van der Waals surface area contributed by atoms with Gasteiger partial charge in [-0.2, -0.15) is 5.10 Å². The normalized spacial score (nSPS) is 23.6. The van der Waals surface area contributed by atoms with E-state index in [0.717, 1.165) is 19.4 Å². The van der Waals surface area contributed by atoms with Crippen molar-refractivity contribution in [1.29, 1.82) is 0 Å². The van der Waals surface area contributed by atoms with E-state index >= 15 is 0 Å². The lowest BCUT2D eigenvalue weighted by atomic mass is 10.2. The first-order valence-corrected chi connectivity index (χ1v) is 8.66. The summed E-state index contributed by atoms with van der Waals surface area (Å²) in [5, 5.41) is 7.07. The maximum Gasteiger partial charge on any atom is 0.412 e. The quantitative estimate of drug-likeness (QED) is 0.903. The molecule has 0 radical (unpaired) electrons. The van der Waals surface area contributed by atoms with Crippen molar-refractivity contribution in [3.05, 3.63) is 6.20 Å². The molecular formula is C17H24N4O3. The van der Waals surface area contributed by atoms with Crippen molar-refractivity contribution in [3.63, 3.8) is 0 Å². The molecule has 130 valence electrons. The van der Waals surface area contributed by atoms with Crippen LogP contribution in [0.25, 0.3) is 0 Å². The van der Waals surface area contributed by atoms with Gasteiger partial charge in [0, 0.05) is 19.0 Å². The Labute approximate surface area is 141 Å². The Morgan fingerprint density at radius 2 is 2.08 bits per heavy atom. The molecule has 2 amide bonds. The molecule has 2 fully saturated rings. The van der Waals surface area contributed by atoms with E-state index in [0.29, 0.717) is 23.5 Å². The number of carbonyl (C=O) groups excluding carboxylic acids is 2. The van der Waals surface area contributed by atoms with Gasteiger partial charge in [0.2, 0.25) is 5.91 Å². The van der Waals surface area contributed by atoms with E-state index in [1.54, 1.807) is 15.8 Å². The Hall–Kier alpha value is -2.05. The molecule has 2 heterocycles. The lowest BCUT2D eigenvalue weighted by Crippen LogP contribution is -2.39. The molecule has 1 aromatic heterocycles. The maximum atomic E-state index is 12.9. The molecule has 1 aromatic rings. The van der Waals surface area contributed by atoms with E-state index in [2.05, 4.69) is 10.4 Å². The van der Waals surface area contributed by atoms with Crippen LogP contribution in [0.5, 0.6) is 0 Å². The Morgan fingerprint density at radius 1 is 1.33 bits per heavy atom. The first kappa shape index (κ1) is 15.5. The number of aryl methyl sites for hydroxylation is 1. The van der Waals surface area contributed by atoms with Crippen molar-refractivity contribution in [2.45, 2.75) is 58.6 Å². The molecule has 2 aliphatic carbocycles. The maximum absolute atomic E-state index is 12.9. The molecule has 0 aromatic carbocycles.